The van der Waals surface area contributed by atoms with E-state index in [4.69, 9.17) is 0 Å². The summed E-state index contributed by atoms with van der Waals surface area (Å²) in [5.41, 5.74) is 0.749. The summed E-state index contributed by atoms with van der Waals surface area (Å²) in [5, 5.41) is 4.15. The van der Waals surface area contributed by atoms with Crippen LogP contribution in [0.1, 0.15) is 37.8 Å². The highest BCUT2D eigenvalue weighted by Crippen LogP contribution is 2.26. The van der Waals surface area contributed by atoms with E-state index in [0.29, 0.717) is 5.25 Å². The average molecular weight is 332 g/mol. The first kappa shape index (κ1) is 14.4. The van der Waals surface area contributed by atoms with Crippen LogP contribution < -0.4 is 5.32 Å². The first-order chi connectivity index (χ1) is 8.66. The fourth-order valence-electron chi connectivity index (χ4n) is 2.24. The molecule has 0 radical (unpaired) electrons. The molecule has 4 heteroatoms. The molecule has 100 valence electrons. The molecule has 1 fully saturated rings. The minimum Gasteiger partial charge on any atom is -0.309 e. The molecular weight excluding hydrogens is 313 g/mol. The number of benzene rings is 1. The molecule has 1 aromatic carbocycles. The second kappa shape index (κ2) is 6.92. The standard InChI is InChI=1S/C14H19BrFNS/c1-10(13-6-5-11(15)8-14(13)16)17-9-12-4-2-3-7-18-12/h5-6,8,10,12,17H,2-4,7,9H2,1H3. The van der Waals surface area contributed by atoms with Gasteiger partial charge < -0.3 is 5.32 Å². The van der Waals surface area contributed by atoms with E-state index >= 15 is 0 Å². The third kappa shape index (κ3) is 3.97. The predicted molar refractivity (Wildman–Crippen MR) is 80.6 cm³/mol. The Bertz CT molecular complexity index is 393. The van der Waals surface area contributed by atoms with Gasteiger partial charge in [0, 0.05) is 27.9 Å². The van der Waals surface area contributed by atoms with Crippen molar-refractivity contribution in [1.29, 1.82) is 0 Å². The lowest BCUT2D eigenvalue weighted by Crippen LogP contribution is -2.29. The minimum atomic E-state index is -0.138. The van der Waals surface area contributed by atoms with Crippen molar-refractivity contribution in [2.45, 2.75) is 37.5 Å². The lowest BCUT2D eigenvalue weighted by Gasteiger charge is -2.24. The third-order valence-electron chi connectivity index (χ3n) is 3.35. The van der Waals surface area contributed by atoms with Crippen LogP contribution in [0.2, 0.25) is 0 Å². The summed E-state index contributed by atoms with van der Waals surface area (Å²) < 4.78 is 14.6. The lowest BCUT2D eigenvalue weighted by atomic mass is 10.1. The molecule has 2 atom stereocenters. The third-order valence-corrected chi connectivity index (χ3v) is 5.25. The van der Waals surface area contributed by atoms with E-state index in [0.717, 1.165) is 16.6 Å². The number of hydrogen-bond donors (Lipinski definition) is 1. The molecular formula is C14H19BrFNS. The molecule has 18 heavy (non-hydrogen) atoms. The van der Waals surface area contributed by atoms with Crippen molar-refractivity contribution >= 4 is 27.7 Å². The summed E-state index contributed by atoms with van der Waals surface area (Å²) in [7, 11) is 0. The Balaban J connectivity index is 1.88. The molecule has 0 amide bonds. The van der Waals surface area contributed by atoms with Gasteiger partial charge in [-0.3, -0.25) is 0 Å². The van der Waals surface area contributed by atoms with Crippen molar-refractivity contribution in [1.82, 2.24) is 5.32 Å². The molecule has 1 saturated heterocycles. The fourth-order valence-corrected chi connectivity index (χ4v) is 3.82. The number of nitrogens with one attached hydrogen (secondary N) is 1. The Morgan fingerprint density at radius 3 is 3.00 bits per heavy atom. The largest absolute Gasteiger partial charge is 0.309 e. The first-order valence-corrected chi connectivity index (χ1v) is 8.31. The quantitative estimate of drug-likeness (QED) is 0.870. The second-order valence-corrected chi connectivity index (χ2v) is 7.11. The molecule has 0 aromatic heterocycles. The van der Waals surface area contributed by atoms with Crippen molar-refractivity contribution in [2.24, 2.45) is 0 Å². The molecule has 1 aliphatic heterocycles. The molecule has 0 bridgehead atoms. The van der Waals surface area contributed by atoms with Crippen molar-refractivity contribution < 1.29 is 4.39 Å². The van der Waals surface area contributed by atoms with Gasteiger partial charge in [-0.25, -0.2) is 4.39 Å². The molecule has 0 saturated carbocycles. The van der Waals surface area contributed by atoms with Gasteiger partial charge in [0.15, 0.2) is 0 Å². The number of halogens is 2. The van der Waals surface area contributed by atoms with Gasteiger partial charge in [-0.05, 0) is 37.7 Å². The van der Waals surface area contributed by atoms with Crippen LogP contribution in [-0.2, 0) is 0 Å². The van der Waals surface area contributed by atoms with Crippen LogP contribution in [0.5, 0.6) is 0 Å². The summed E-state index contributed by atoms with van der Waals surface area (Å²) in [6, 6.07) is 5.35. The Kier molecular flexibility index (Phi) is 5.52. The zero-order valence-corrected chi connectivity index (χ0v) is 13.0. The Labute approximate surface area is 121 Å². The zero-order chi connectivity index (χ0) is 13.0. The Morgan fingerprint density at radius 2 is 2.33 bits per heavy atom. The van der Waals surface area contributed by atoms with Crippen molar-refractivity contribution in [3.63, 3.8) is 0 Å². The molecule has 2 unspecified atom stereocenters. The van der Waals surface area contributed by atoms with Crippen LogP contribution in [0.3, 0.4) is 0 Å². The van der Waals surface area contributed by atoms with Crippen LogP contribution >= 0.6 is 27.7 Å². The topological polar surface area (TPSA) is 12.0 Å². The van der Waals surface area contributed by atoms with Crippen LogP contribution in [0.4, 0.5) is 4.39 Å². The Morgan fingerprint density at radius 1 is 1.50 bits per heavy atom. The smallest absolute Gasteiger partial charge is 0.129 e. The number of rotatable bonds is 4. The summed E-state index contributed by atoms with van der Waals surface area (Å²) in [5.74, 6) is 1.13. The van der Waals surface area contributed by atoms with Crippen LogP contribution in [0.15, 0.2) is 22.7 Å². The number of thioether (sulfide) groups is 1. The van der Waals surface area contributed by atoms with Gasteiger partial charge in [-0.1, -0.05) is 28.4 Å². The van der Waals surface area contributed by atoms with E-state index in [-0.39, 0.29) is 11.9 Å². The van der Waals surface area contributed by atoms with Gasteiger partial charge in [-0.2, -0.15) is 11.8 Å². The highest BCUT2D eigenvalue weighted by atomic mass is 79.9. The Hall–Kier alpha value is -0.0600. The summed E-state index contributed by atoms with van der Waals surface area (Å²) in [4.78, 5) is 0. The average Bonchev–Trinajstić information content (AvgIpc) is 2.37. The minimum absolute atomic E-state index is 0.0700. The molecule has 0 aliphatic carbocycles. The maximum atomic E-state index is 13.8. The van der Waals surface area contributed by atoms with Crippen LogP contribution in [0, 0.1) is 5.82 Å². The molecule has 1 heterocycles. The molecule has 2 rings (SSSR count). The van der Waals surface area contributed by atoms with Gasteiger partial charge in [-0.15, -0.1) is 0 Å². The maximum absolute atomic E-state index is 13.8. The molecule has 1 aliphatic rings. The van der Waals surface area contributed by atoms with Gasteiger partial charge in [0.25, 0.3) is 0 Å². The van der Waals surface area contributed by atoms with Crippen LogP contribution in [-0.4, -0.2) is 17.5 Å². The van der Waals surface area contributed by atoms with E-state index in [1.165, 1.54) is 31.1 Å². The normalized spacial score (nSPS) is 21.8. The van der Waals surface area contributed by atoms with E-state index in [1.807, 2.05) is 30.8 Å². The van der Waals surface area contributed by atoms with Gasteiger partial charge in [0.1, 0.15) is 5.82 Å². The monoisotopic (exact) mass is 331 g/mol. The van der Waals surface area contributed by atoms with E-state index in [1.54, 1.807) is 0 Å². The molecule has 0 spiro atoms. The van der Waals surface area contributed by atoms with Crippen molar-refractivity contribution in [3.05, 3.63) is 34.1 Å². The van der Waals surface area contributed by atoms with Crippen molar-refractivity contribution in [2.75, 3.05) is 12.3 Å². The SMILES string of the molecule is CC(NCC1CCCCS1)c1ccc(Br)cc1F. The van der Waals surface area contributed by atoms with Gasteiger partial charge in [0.2, 0.25) is 0 Å². The highest BCUT2D eigenvalue weighted by Gasteiger charge is 2.16. The lowest BCUT2D eigenvalue weighted by molar-refractivity contribution is 0.511. The second-order valence-electron chi connectivity index (χ2n) is 4.78. The predicted octanol–water partition coefficient (Wildman–Crippen LogP) is 4.52. The van der Waals surface area contributed by atoms with E-state index < -0.39 is 0 Å². The fraction of sp³-hybridized carbons (Fsp3) is 0.571. The molecule has 1 aromatic rings. The van der Waals surface area contributed by atoms with E-state index in [9.17, 15) is 4.39 Å². The zero-order valence-electron chi connectivity index (χ0n) is 10.6. The molecule has 1 nitrogen and oxygen atoms in total. The highest BCUT2D eigenvalue weighted by molar-refractivity contribution is 9.10. The van der Waals surface area contributed by atoms with Gasteiger partial charge in [0.05, 0.1) is 0 Å². The first-order valence-electron chi connectivity index (χ1n) is 6.47. The van der Waals surface area contributed by atoms with Crippen LogP contribution in [0.25, 0.3) is 0 Å². The van der Waals surface area contributed by atoms with Crippen molar-refractivity contribution in [3.8, 4) is 0 Å². The van der Waals surface area contributed by atoms with Gasteiger partial charge >= 0.3 is 0 Å². The molecule has 1 N–H and O–H groups in total. The summed E-state index contributed by atoms with van der Waals surface area (Å²) in [6.45, 7) is 3.00. The summed E-state index contributed by atoms with van der Waals surface area (Å²) >= 11 is 5.33. The van der Waals surface area contributed by atoms with E-state index in [2.05, 4.69) is 21.2 Å². The number of hydrogen-bond acceptors (Lipinski definition) is 2. The summed E-state index contributed by atoms with van der Waals surface area (Å²) in [6.07, 6.45) is 3.96. The maximum Gasteiger partial charge on any atom is 0.129 e.